The number of hydrogen-bond acceptors (Lipinski definition) is 15. The largest absolute Gasteiger partial charge is 0.497 e. The third-order valence-corrected chi connectivity index (χ3v) is 12.3. The average Bonchev–Trinajstić information content (AvgIpc) is 3.99. The molecule has 1 unspecified atom stereocenters. The molecule has 3 aromatic heterocycles. The van der Waals surface area contributed by atoms with Gasteiger partial charge in [-0.15, -0.1) is 0 Å². The topological polar surface area (TPSA) is 205 Å². The number of nitrogen functional groups attached to an aromatic ring is 1. The lowest BCUT2D eigenvalue weighted by molar-refractivity contribution is -0.402. The van der Waals surface area contributed by atoms with Crippen molar-refractivity contribution in [2.75, 3.05) is 26.6 Å². The quantitative estimate of drug-likeness (QED) is 0.0382. The van der Waals surface area contributed by atoms with Gasteiger partial charge in [0.2, 0.25) is 0 Å². The van der Waals surface area contributed by atoms with Crippen LogP contribution in [0.1, 0.15) is 56.4 Å². The first-order valence-electron chi connectivity index (χ1n) is 19.3. The van der Waals surface area contributed by atoms with Crippen LogP contribution in [0, 0.1) is 10.1 Å². The van der Waals surface area contributed by atoms with Crippen LogP contribution in [0.15, 0.2) is 108 Å². The Labute approximate surface area is 348 Å². The summed E-state index contributed by atoms with van der Waals surface area (Å²) < 4.78 is 47.5. The van der Waals surface area contributed by atoms with Crippen molar-refractivity contribution in [1.29, 1.82) is 0 Å². The fourth-order valence-corrected chi connectivity index (χ4v) is 9.21. The van der Waals surface area contributed by atoms with Crippen molar-refractivity contribution in [1.82, 2.24) is 24.2 Å². The zero-order valence-corrected chi connectivity index (χ0v) is 34.9. The molecule has 0 amide bonds. The summed E-state index contributed by atoms with van der Waals surface area (Å²) in [6.07, 6.45) is -1.57. The van der Waals surface area contributed by atoms with Crippen molar-refractivity contribution in [3.63, 3.8) is 0 Å². The summed E-state index contributed by atoms with van der Waals surface area (Å²) in [5, 5.41) is 23.7. The standard InChI is InChI=1S/C42H48N7O10P/c1-26(2)48(27(3)4)60(56-22-33-20-21-35(57-33)49(51)52)59-38-34(58-41(37(38)50)47-25-46-36-39(43)44-24-45-40(36)47)23-55-42(28-10-8-7-9-11-28,29-12-16-31(53-5)17-13-29)30-14-18-32(54-6)19-15-30/h7-21,24-27,34,37-38,41,50H,22-23H2,1-6H3,(H2,43,44,45)/t34-,37-,38-,41-,60?/m1/s1. The molecule has 1 aliphatic heterocycles. The molecule has 0 radical (unpaired) electrons. The van der Waals surface area contributed by atoms with E-state index >= 15 is 0 Å². The van der Waals surface area contributed by atoms with E-state index in [1.807, 2.05) is 111 Å². The van der Waals surface area contributed by atoms with Crippen LogP contribution >= 0.6 is 8.53 Å². The van der Waals surface area contributed by atoms with Crippen LogP contribution < -0.4 is 15.2 Å². The van der Waals surface area contributed by atoms with E-state index in [2.05, 4.69) is 15.0 Å². The maximum absolute atomic E-state index is 12.4. The molecule has 1 saturated heterocycles. The second-order valence-corrected chi connectivity index (χ2v) is 16.0. The minimum absolute atomic E-state index is 0.0832. The van der Waals surface area contributed by atoms with Gasteiger partial charge in [-0.1, -0.05) is 54.6 Å². The second kappa shape index (κ2) is 18.4. The van der Waals surface area contributed by atoms with Gasteiger partial charge in [-0.3, -0.25) is 14.7 Å². The van der Waals surface area contributed by atoms with Crippen molar-refractivity contribution in [2.24, 2.45) is 0 Å². The number of benzene rings is 3. The highest BCUT2D eigenvalue weighted by Crippen LogP contribution is 2.51. The number of imidazole rings is 1. The first kappa shape index (κ1) is 42.6. The molecule has 60 heavy (non-hydrogen) atoms. The normalized spacial score (nSPS) is 18.8. The van der Waals surface area contributed by atoms with Gasteiger partial charge in [0.15, 0.2) is 17.7 Å². The molecule has 17 nitrogen and oxygen atoms in total. The van der Waals surface area contributed by atoms with E-state index in [4.69, 9.17) is 38.1 Å². The summed E-state index contributed by atoms with van der Waals surface area (Å²) in [4.78, 5) is 23.7. The first-order valence-corrected chi connectivity index (χ1v) is 20.4. The van der Waals surface area contributed by atoms with Crippen LogP contribution in [-0.4, -0.2) is 85.4 Å². The Morgan fingerprint density at radius 2 is 1.52 bits per heavy atom. The minimum Gasteiger partial charge on any atom is -0.497 e. The molecule has 0 bridgehead atoms. The predicted octanol–water partition coefficient (Wildman–Crippen LogP) is 7.14. The molecule has 0 saturated carbocycles. The Hall–Kier alpha value is -5.52. The van der Waals surface area contributed by atoms with Crippen LogP contribution in [0.2, 0.25) is 0 Å². The molecule has 316 valence electrons. The summed E-state index contributed by atoms with van der Waals surface area (Å²) in [5.41, 5.74) is 8.04. The number of hydrogen-bond donors (Lipinski definition) is 2. The number of methoxy groups -OCH3 is 2. The lowest BCUT2D eigenvalue weighted by Crippen LogP contribution is -2.42. The predicted molar refractivity (Wildman–Crippen MR) is 222 cm³/mol. The zero-order chi connectivity index (χ0) is 42.6. The highest BCUT2D eigenvalue weighted by atomic mass is 31.2. The SMILES string of the molecule is COc1ccc(C(OC[C@H]2O[C@@H](n3cnc4c(N)ncnc43)[C@H](O)[C@@H]2OP(OCc2ccc([N+](=O)[O-])o2)N(C(C)C)C(C)C)(c2ccccc2)c2ccc(OC)cc2)cc1. The number of nitrogens with zero attached hydrogens (tertiary/aromatic N) is 6. The zero-order valence-electron chi connectivity index (χ0n) is 34.0. The second-order valence-electron chi connectivity index (χ2n) is 14.6. The van der Waals surface area contributed by atoms with Crippen molar-refractivity contribution in [2.45, 2.75) is 76.5 Å². The highest BCUT2D eigenvalue weighted by Gasteiger charge is 2.50. The molecular formula is C42H48N7O10P. The third kappa shape index (κ3) is 8.56. The molecule has 7 rings (SSSR count). The number of aromatic nitrogens is 4. The lowest BCUT2D eigenvalue weighted by Gasteiger charge is -2.39. The molecule has 3 aromatic carbocycles. The van der Waals surface area contributed by atoms with E-state index in [0.717, 1.165) is 16.7 Å². The molecule has 4 heterocycles. The van der Waals surface area contributed by atoms with Gasteiger partial charge in [0.05, 0.1) is 33.2 Å². The Kier molecular flexibility index (Phi) is 13.1. The van der Waals surface area contributed by atoms with E-state index in [9.17, 15) is 15.2 Å². The number of fused-ring (bicyclic) bond motifs is 1. The molecule has 1 fully saturated rings. The maximum atomic E-state index is 12.4. The number of aliphatic hydroxyl groups excluding tert-OH is 1. The Morgan fingerprint density at radius 1 is 0.900 bits per heavy atom. The van der Waals surface area contributed by atoms with Crippen molar-refractivity contribution < 1.29 is 42.4 Å². The Morgan fingerprint density at radius 3 is 2.08 bits per heavy atom. The maximum Gasteiger partial charge on any atom is 0.433 e. The number of rotatable bonds is 18. The van der Waals surface area contributed by atoms with Crippen LogP contribution in [0.25, 0.3) is 11.2 Å². The average molecular weight is 842 g/mol. The van der Waals surface area contributed by atoms with E-state index in [1.54, 1.807) is 18.8 Å². The molecule has 5 atom stereocenters. The Balaban J connectivity index is 1.31. The third-order valence-electron chi connectivity index (χ3n) is 10.2. The van der Waals surface area contributed by atoms with Crippen LogP contribution in [0.5, 0.6) is 11.5 Å². The summed E-state index contributed by atoms with van der Waals surface area (Å²) in [6.45, 7) is 7.77. The molecule has 6 aromatic rings. The van der Waals surface area contributed by atoms with E-state index in [-0.39, 0.29) is 36.9 Å². The van der Waals surface area contributed by atoms with Gasteiger partial charge in [0, 0.05) is 12.1 Å². The fraction of sp³-hybridized carbons (Fsp3) is 0.357. The number of ether oxygens (including phenoxy) is 4. The smallest absolute Gasteiger partial charge is 0.433 e. The van der Waals surface area contributed by atoms with Gasteiger partial charge in [0.1, 0.15) is 64.5 Å². The Bertz CT molecular complexity index is 2290. The summed E-state index contributed by atoms with van der Waals surface area (Å²) in [6, 6.07) is 27.7. The number of furan rings is 1. The van der Waals surface area contributed by atoms with Gasteiger partial charge < -0.3 is 43.3 Å². The summed E-state index contributed by atoms with van der Waals surface area (Å²) in [5.74, 6) is 1.34. The first-order chi connectivity index (χ1) is 28.9. The molecule has 0 spiro atoms. The number of nitro groups is 1. The molecule has 3 N–H and O–H groups in total. The highest BCUT2D eigenvalue weighted by molar-refractivity contribution is 7.44. The van der Waals surface area contributed by atoms with Crippen LogP contribution in [0.4, 0.5) is 11.7 Å². The van der Waals surface area contributed by atoms with Crippen molar-refractivity contribution in [3.05, 3.63) is 136 Å². The van der Waals surface area contributed by atoms with E-state index < -0.39 is 49.5 Å². The number of nitrogens with two attached hydrogens (primary N) is 1. The number of anilines is 1. The van der Waals surface area contributed by atoms with Gasteiger partial charge in [0.25, 0.3) is 8.53 Å². The molecule has 18 heteroatoms. The van der Waals surface area contributed by atoms with Gasteiger partial charge >= 0.3 is 5.88 Å². The van der Waals surface area contributed by atoms with Gasteiger partial charge in [-0.2, -0.15) is 0 Å². The molecular weight excluding hydrogens is 793 g/mol. The summed E-state index contributed by atoms with van der Waals surface area (Å²) in [7, 11) is 1.24. The number of aliphatic hydroxyl groups is 1. The summed E-state index contributed by atoms with van der Waals surface area (Å²) >= 11 is 0. The van der Waals surface area contributed by atoms with Crippen LogP contribution in [0.3, 0.4) is 0 Å². The van der Waals surface area contributed by atoms with Gasteiger partial charge in [-0.25, -0.2) is 19.6 Å². The van der Waals surface area contributed by atoms with E-state index in [0.29, 0.717) is 22.7 Å². The fourth-order valence-electron chi connectivity index (χ4n) is 7.44. The van der Waals surface area contributed by atoms with Crippen molar-refractivity contribution in [3.8, 4) is 11.5 Å². The van der Waals surface area contributed by atoms with Crippen molar-refractivity contribution >= 4 is 31.4 Å². The van der Waals surface area contributed by atoms with E-state index in [1.165, 1.54) is 24.8 Å². The molecule has 0 aliphatic carbocycles. The van der Waals surface area contributed by atoms with Crippen LogP contribution in [-0.2, 0) is 30.7 Å². The monoisotopic (exact) mass is 841 g/mol. The lowest BCUT2D eigenvalue weighted by atomic mass is 9.80. The van der Waals surface area contributed by atoms with Gasteiger partial charge in [-0.05, 0) is 74.7 Å². The molecule has 1 aliphatic rings. The minimum atomic E-state index is -1.99.